The fraction of sp³-hybridized carbons (Fsp3) is 0.348. The first-order chi connectivity index (χ1) is 16.3. The number of rotatable bonds is 7. The van der Waals surface area contributed by atoms with Crippen molar-refractivity contribution < 1.29 is 22.5 Å². The standard InChI is InChI=1S/C23H25ClN4O5S/c1-27(15-21-25-22(26-33-21)19-5-3-4-6-20(19)24)23(29)16-11-13-28(14-12-16)34(30,31)18-9-7-17(32-2)8-10-18/h3-10,16H,11-15H2,1-2H3. The summed E-state index contributed by atoms with van der Waals surface area (Å²) in [5, 5.41) is 4.47. The van der Waals surface area contributed by atoms with Crippen molar-refractivity contribution in [1.29, 1.82) is 0 Å². The number of carbonyl (C=O) groups is 1. The number of nitrogens with zero attached hydrogens (tertiary/aromatic N) is 4. The van der Waals surface area contributed by atoms with Gasteiger partial charge in [-0.3, -0.25) is 4.79 Å². The first-order valence-electron chi connectivity index (χ1n) is 10.8. The number of ether oxygens (including phenoxy) is 1. The molecular weight excluding hydrogens is 480 g/mol. The molecular formula is C23H25ClN4O5S. The van der Waals surface area contributed by atoms with E-state index in [1.807, 2.05) is 12.1 Å². The molecule has 0 aliphatic carbocycles. The molecule has 0 unspecified atom stereocenters. The molecule has 0 spiro atoms. The molecule has 0 bridgehead atoms. The van der Waals surface area contributed by atoms with Gasteiger partial charge in [-0.2, -0.15) is 9.29 Å². The average Bonchev–Trinajstić information content (AvgIpc) is 3.32. The van der Waals surface area contributed by atoms with Crippen molar-refractivity contribution in [2.24, 2.45) is 5.92 Å². The van der Waals surface area contributed by atoms with Crippen LogP contribution in [0.5, 0.6) is 5.75 Å². The summed E-state index contributed by atoms with van der Waals surface area (Å²) in [7, 11) is -0.428. The van der Waals surface area contributed by atoms with Gasteiger partial charge in [0.1, 0.15) is 5.75 Å². The Labute approximate surface area is 203 Å². The minimum Gasteiger partial charge on any atom is -0.497 e. The highest BCUT2D eigenvalue weighted by Crippen LogP contribution is 2.27. The quantitative estimate of drug-likeness (QED) is 0.485. The van der Waals surface area contributed by atoms with Crippen LogP contribution >= 0.6 is 11.6 Å². The first kappa shape index (κ1) is 24.2. The predicted octanol–water partition coefficient (Wildman–Crippen LogP) is 3.46. The van der Waals surface area contributed by atoms with Gasteiger partial charge in [0.2, 0.25) is 27.6 Å². The number of hydrogen-bond donors (Lipinski definition) is 0. The van der Waals surface area contributed by atoms with Crippen LogP contribution in [0, 0.1) is 5.92 Å². The predicted molar refractivity (Wildman–Crippen MR) is 126 cm³/mol. The maximum absolute atomic E-state index is 13.0. The van der Waals surface area contributed by atoms with Crippen LogP contribution in [0.3, 0.4) is 0 Å². The number of sulfonamides is 1. The van der Waals surface area contributed by atoms with Crippen molar-refractivity contribution in [1.82, 2.24) is 19.3 Å². The number of hydrogen-bond acceptors (Lipinski definition) is 7. The van der Waals surface area contributed by atoms with Crippen LogP contribution in [0.15, 0.2) is 57.9 Å². The molecule has 2 aromatic carbocycles. The molecule has 0 N–H and O–H groups in total. The third kappa shape index (κ3) is 5.08. The molecule has 0 saturated carbocycles. The van der Waals surface area contributed by atoms with Crippen molar-refractivity contribution in [3.05, 3.63) is 59.4 Å². The van der Waals surface area contributed by atoms with E-state index >= 15 is 0 Å². The molecule has 180 valence electrons. The summed E-state index contributed by atoms with van der Waals surface area (Å²) in [5.74, 6) is 0.882. The van der Waals surface area contributed by atoms with Gasteiger partial charge in [0, 0.05) is 31.6 Å². The fourth-order valence-electron chi connectivity index (χ4n) is 3.90. The van der Waals surface area contributed by atoms with Crippen molar-refractivity contribution in [3.8, 4) is 17.1 Å². The van der Waals surface area contributed by atoms with Crippen LogP contribution < -0.4 is 4.74 Å². The Kier molecular flexibility index (Phi) is 7.20. The van der Waals surface area contributed by atoms with Gasteiger partial charge >= 0.3 is 0 Å². The first-order valence-corrected chi connectivity index (χ1v) is 12.6. The second-order valence-electron chi connectivity index (χ2n) is 8.04. The van der Waals surface area contributed by atoms with Gasteiger partial charge in [0.25, 0.3) is 0 Å². The van der Waals surface area contributed by atoms with Crippen molar-refractivity contribution in [2.45, 2.75) is 24.3 Å². The summed E-state index contributed by atoms with van der Waals surface area (Å²) >= 11 is 6.18. The van der Waals surface area contributed by atoms with E-state index in [1.165, 1.54) is 28.4 Å². The minimum absolute atomic E-state index is 0.0843. The van der Waals surface area contributed by atoms with Crippen LogP contribution in [0.25, 0.3) is 11.4 Å². The molecule has 0 radical (unpaired) electrons. The normalized spacial score (nSPS) is 15.3. The number of benzene rings is 2. The zero-order valence-corrected chi connectivity index (χ0v) is 20.4. The minimum atomic E-state index is -3.62. The molecule has 9 nitrogen and oxygen atoms in total. The highest BCUT2D eigenvalue weighted by atomic mass is 35.5. The van der Waals surface area contributed by atoms with Gasteiger partial charge in [-0.25, -0.2) is 8.42 Å². The molecule has 3 aromatic rings. The summed E-state index contributed by atoms with van der Waals surface area (Å²) in [6, 6.07) is 13.5. The van der Waals surface area contributed by atoms with E-state index in [-0.39, 0.29) is 36.4 Å². The van der Waals surface area contributed by atoms with E-state index in [1.54, 1.807) is 31.3 Å². The second-order valence-corrected chi connectivity index (χ2v) is 10.4. The lowest BCUT2D eigenvalue weighted by atomic mass is 9.97. The second kappa shape index (κ2) is 10.1. The summed E-state index contributed by atoms with van der Waals surface area (Å²) in [5.41, 5.74) is 0.651. The molecule has 4 rings (SSSR count). The Morgan fingerprint density at radius 1 is 1.18 bits per heavy atom. The number of piperidine rings is 1. The lowest BCUT2D eigenvalue weighted by molar-refractivity contribution is -0.136. The number of amides is 1. The van der Waals surface area contributed by atoms with Crippen molar-refractivity contribution >= 4 is 27.5 Å². The van der Waals surface area contributed by atoms with E-state index in [9.17, 15) is 13.2 Å². The SMILES string of the molecule is COc1ccc(S(=O)(=O)N2CCC(C(=O)N(C)Cc3nc(-c4ccccc4Cl)no3)CC2)cc1. The number of aromatic nitrogens is 2. The average molecular weight is 505 g/mol. The Morgan fingerprint density at radius 2 is 1.85 bits per heavy atom. The smallest absolute Gasteiger partial charge is 0.246 e. The lowest BCUT2D eigenvalue weighted by Gasteiger charge is -2.32. The number of halogens is 1. The summed E-state index contributed by atoms with van der Waals surface area (Å²) in [4.78, 5) is 19.0. The van der Waals surface area contributed by atoms with Gasteiger partial charge in [0.15, 0.2) is 0 Å². The van der Waals surface area contributed by atoms with Crippen molar-refractivity contribution in [2.75, 3.05) is 27.2 Å². The van der Waals surface area contributed by atoms with Gasteiger partial charge in [-0.15, -0.1) is 0 Å². The molecule has 1 amide bonds. The monoisotopic (exact) mass is 504 g/mol. The van der Waals surface area contributed by atoms with E-state index < -0.39 is 10.0 Å². The van der Waals surface area contributed by atoms with Crippen LogP contribution in [0.4, 0.5) is 0 Å². The summed E-state index contributed by atoms with van der Waals surface area (Å²) in [6.45, 7) is 0.701. The molecule has 1 saturated heterocycles. The zero-order chi connectivity index (χ0) is 24.3. The molecule has 1 aromatic heterocycles. The lowest BCUT2D eigenvalue weighted by Crippen LogP contribution is -2.43. The molecule has 2 heterocycles. The van der Waals surface area contributed by atoms with E-state index in [0.29, 0.717) is 40.9 Å². The highest BCUT2D eigenvalue weighted by molar-refractivity contribution is 7.89. The van der Waals surface area contributed by atoms with Gasteiger partial charge in [-0.1, -0.05) is 28.9 Å². The third-order valence-electron chi connectivity index (χ3n) is 5.83. The Balaban J connectivity index is 1.34. The summed E-state index contributed by atoms with van der Waals surface area (Å²) in [6.07, 6.45) is 0.876. The van der Waals surface area contributed by atoms with Crippen molar-refractivity contribution in [3.63, 3.8) is 0 Å². The Morgan fingerprint density at radius 3 is 2.50 bits per heavy atom. The Hall–Kier alpha value is -2.95. The maximum atomic E-state index is 13.0. The number of carbonyl (C=O) groups excluding carboxylic acids is 1. The van der Waals surface area contributed by atoms with E-state index in [4.69, 9.17) is 20.9 Å². The van der Waals surface area contributed by atoms with Crippen LogP contribution in [-0.4, -0.2) is 60.9 Å². The molecule has 0 atom stereocenters. The number of methoxy groups -OCH3 is 1. The van der Waals surface area contributed by atoms with Gasteiger partial charge in [0.05, 0.1) is 23.6 Å². The fourth-order valence-corrected chi connectivity index (χ4v) is 5.59. The molecule has 1 aliphatic rings. The van der Waals surface area contributed by atoms with Gasteiger partial charge in [-0.05, 0) is 49.2 Å². The molecule has 11 heteroatoms. The Bertz CT molecular complexity index is 1250. The maximum Gasteiger partial charge on any atom is 0.246 e. The molecule has 1 aliphatic heterocycles. The van der Waals surface area contributed by atoms with E-state index in [2.05, 4.69) is 10.1 Å². The third-order valence-corrected chi connectivity index (χ3v) is 8.07. The summed E-state index contributed by atoms with van der Waals surface area (Å²) < 4.78 is 37.7. The van der Waals surface area contributed by atoms with Crippen LogP contribution in [0.2, 0.25) is 5.02 Å². The highest BCUT2D eigenvalue weighted by Gasteiger charge is 2.33. The molecule has 34 heavy (non-hydrogen) atoms. The van der Waals surface area contributed by atoms with Gasteiger partial charge < -0.3 is 14.2 Å². The zero-order valence-electron chi connectivity index (χ0n) is 18.8. The largest absolute Gasteiger partial charge is 0.497 e. The van der Waals surface area contributed by atoms with Crippen LogP contribution in [-0.2, 0) is 21.4 Å². The topological polar surface area (TPSA) is 106 Å². The van der Waals surface area contributed by atoms with E-state index in [0.717, 1.165) is 0 Å². The van der Waals surface area contributed by atoms with Crippen LogP contribution in [0.1, 0.15) is 18.7 Å². The molecule has 1 fully saturated rings.